The molecule has 1 unspecified atom stereocenters. The predicted molar refractivity (Wildman–Crippen MR) is 97.9 cm³/mol. The van der Waals surface area contributed by atoms with E-state index in [1.807, 2.05) is 20.8 Å². The summed E-state index contributed by atoms with van der Waals surface area (Å²) in [6, 6.07) is 0.784. The third-order valence-electron chi connectivity index (χ3n) is 5.00. The van der Waals surface area contributed by atoms with Gasteiger partial charge in [0.25, 0.3) is 0 Å². The van der Waals surface area contributed by atoms with Crippen molar-refractivity contribution in [2.45, 2.75) is 38.5 Å². The van der Waals surface area contributed by atoms with Gasteiger partial charge < -0.3 is 20.3 Å². The quantitative estimate of drug-likeness (QED) is 0.540. The molecule has 8 heteroatoms. The molecule has 4 aliphatic rings. The van der Waals surface area contributed by atoms with Gasteiger partial charge in [0.15, 0.2) is 5.96 Å². The second kappa shape index (κ2) is 7.37. The molecule has 0 aliphatic carbocycles. The molecule has 2 bridgehead atoms. The Balaban J connectivity index is 1.37. The Morgan fingerprint density at radius 1 is 1.16 bits per heavy atom. The highest BCUT2D eigenvalue weighted by molar-refractivity contribution is 5.80. The van der Waals surface area contributed by atoms with Crippen LogP contribution in [0.4, 0.5) is 4.79 Å². The fourth-order valence-corrected chi connectivity index (χ4v) is 3.57. The van der Waals surface area contributed by atoms with Crippen molar-refractivity contribution in [1.82, 2.24) is 25.3 Å². The molecule has 0 saturated carbocycles. The molecule has 0 aromatic rings. The zero-order valence-corrected chi connectivity index (χ0v) is 15.9. The molecular formula is C17H32N6O2. The van der Waals surface area contributed by atoms with Crippen molar-refractivity contribution in [3.63, 3.8) is 0 Å². The average Bonchev–Trinajstić information content (AvgIpc) is 2.52. The van der Waals surface area contributed by atoms with Gasteiger partial charge in [-0.05, 0) is 20.8 Å². The first-order chi connectivity index (χ1) is 11.8. The molecule has 1 amide bonds. The number of rotatable bonds is 3. The van der Waals surface area contributed by atoms with Gasteiger partial charge in [0, 0.05) is 65.4 Å². The van der Waals surface area contributed by atoms with E-state index in [0.717, 1.165) is 19.0 Å². The first-order valence-corrected chi connectivity index (χ1v) is 9.25. The van der Waals surface area contributed by atoms with E-state index < -0.39 is 5.60 Å². The van der Waals surface area contributed by atoms with Crippen LogP contribution in [0.15, 0.2) is 4.99 Å². The fraction of sp³-hybridized carbons (Fsp3) is 0.882. The molecule has 8 nitrogen and oxygen atoms in total. The van der Waals surface area contributed by atoms with E-state index in [1.54, 1.807) is 11.9 Å². The number of guanidine groups is 1. The molecule has 0 radical (unpaired) electrons. The molecule has 0 aromatic carbocycles. The Bertz CT molecular complexity index is 504. The van der Waals surface area contributed by atoms with Gasteiger partial charge in [0.2, 0.25) is 0 Å². The van der Waals surface area contributed by atoms with Gasteiger partial charge in [-0.1, -0.05) is 0 Å². The van der Waals surface area contributed by atoms with E-state index in [1.165, 1.54) is 26.2 Å². The van der Waals surface area contributed by atoms with Gasteiger partial charge >= 0.3 is 6.09 Å². The first-order valence-electron chi connectivity index (χ1n) is 9.25. The lowest BCUT2D eigenvalue weighted by atomic mass is 10.1. The van der Waals surface area contributed by atoms with Crippen LogP contribution >= 0.6 is 0 Å². The maximum Gasteiger partial charge on any atom is 0.410 e. The van der Waals surface area contributed by atoms with Crippen LogP contribution in [0.1, 0.15) is 20.8 Å². The number of carbonyl (C=O) groups excluding carboxylic acids is 1. The van der Waals surface area contributed by atoms with Crippen molar-refractivity contribution >= 4 is 12.1 Å². The number of hydrogen-bond acceptors (Lipinski definition) is 5. The number of carbonyl (C=O) groups is 1. The standard InChI is InChI=1S/C17H32N6O2/c1-17(2,3)25-16(24)23-10-13(11-23)20-15(18-4)19-9-14-12-21-5-7-22(14)8-6-21/h13-14H,5-12H2,1-4H3,(H2,18,19,20). The monoisotopic (exact) mass is 352 g/mol. The minimum absolute atomic E-state index is 0.227. The number of ether oxygens (including phenoxy) is 1. The van der Waals surface area contributed by atoms with Gasteiger partial charge in [-0.25, -0.2) is 4.79 Å². The highest BCUT2D eigenvalue weighted by Crippen LogP contribution is 2.16. The number of fused-ring (bicyclic) bond motifs is 3. The maximum atomic E-state index is 12.0. The van der Waals surface area contributed by atoms with E-state index in [-0.39, 0.29) is 12.1 Å². The highest BCUT2D eigenvalue weighted by Gasteiger charge is 2.35. The Hall–Kier alpha value is -1.54. The lowest BCUT2D eigenvalue weighted by Gasteiger charge is -2.47. The molecule has 4 rings (SSSR count). The Kier molecular flexibility index (Phi) is 5.38. The topological polar surface area (TPSA) is 72.4 Å². The van der Waals surface area contributed by atoms with Crippen LogP contribution in [0.3, 0.4) is 0 Å². The third kappa shape index (κ3) is 4.76. The van der Waals surface area contributed by atoms with Crippen molar-refractivity contribution in [1.29, 1.82) is 0 Å². The summed E-state index contributed by atoms with van der Waals surface area (Å²) in [7, 11) is 1.79. The third-order valence-corrected chi connectivity index (χ3v) is 5.00. The van der Waals surface area contributed by atoms with Crippen molar-refractivity contribution in [3.8, 4) is 0 Å². The van der Waals surface area contributed by atoms with E-state index >= 15 is 0 Å². The van der Waals surface area contributed by atoms with Crippen molar-refractivity contribution < 1.29 is 9.53 Å². The fourth-order valence-electron chi connectivity index (χ4n) is 3.57. The normalized spacial score (nSPS) is 30.0. The van der Waals surface area contributed by atoms with Gasteiger partial charge in [0.05, 0.1) is 6.04 Å². The molecule has 0 aromatic heterocycles. The summed E-state index contributed by atoms with van der Waals surface area (Å²) in [5, 5.41) is 6.83. The zero-order chi connectivity index (χ0) is 18.0. The molecule has 25 heavy (non-hydrogen) atoms. The van der Waals surface area contributed by atoms with E-state index in [0.29, 0.717) is 19.1 Å². The second-order valence-corrected chi connectivity index (χ2v) is 8.17. The van der Waals surface area contributed by atoms with Crippen molar-refractivity contribution in [2.75, 3.05) is 59.4 Å². The number of hydrogen-bond donors (Lipinski definition) is 2. The molecular weight excluding hydrogens is 320 g/mol. The van der Waals surface area contributed by atoms with Crippen molar-refractivity contribution in [2.24, 2.45) is 4.99 Å². The van der Waals surface area contributed by atoms with Crippen LogP contribution in [-0.4, -0.2) is 104 Å². The molecule has 0 spiro atoms. The predicted octanol–water partition coefficient (Wildman–Crippen LogP) is -0.229. The summed E-state index contributed by atoms with van der Waals surface area (Å²) in [5.74, 6) is 0.812. The lowest BCUT2D eigenvalue weighted by Crippen LogP contribution is -2.65. The van der Waals surface area contributed by atoms with Crippen LogP contribution in [-0.2, 0) is 4.74 Å². The number of nitrogens with zero attached hydrogens (tertiary/aromatic N) is 4. The maximum absolute atomic E-state index is 12.0. The van der Waals surface area contributed by atoms with Gasteiger partial charge in [-0.15, -0.1) is 0 Å². The van der Waals surface area contributed by atoms with E-state index in [9.17, 15) is 4.79 Å². The van der Waals surface area contributed by atoms with Gasteiger partial charge in [-0.3, -0.25) is 14.8 Å². The summed E-state index contributed by atoms with van der Waals surface area (Å²) < 4.78 is 5.38. The summed E-state index contributed by atoms with van der Waals surface area (Å²) in [6.45, 7) is 13.7. The summed E-state index contributed by atoms with van der Waals surface area (Å²) in [4.78, 5) is 23.1. The second-order valence-electron chi connectivity index (χ2n) is 8.17. The smallest absolute Gasteiger partial charge is 0.410 e. The highest BCUT2D eigenvalue weighted by atomic mass is 16.6. The molecule has 4 saturated heterocycles. The Morgan fingerprint density at radius 3 is 2.36 bits per heavy atom. The summed E-state index contributed by atoms with van der Waals surface area (Å²) in [6.07, 6.45) is -0.242. The van der Waals surface area contributed by atoms with Gasteiger partial charge in [-0.2, -0.15) is 0 Å². The van der Waals surface area contributed by atoms with E-state index in [2.05, 4.69) is 25.4 Å². The number of nitrogens with one attached hydrogen (secondary N) is 2. The van der Waals surface area contributed by atoms with Crippen molar-refractivity contribution in [3.05, 3.63) is 0 Å². The molecule has 4 fully saturated rings. The van der Waals surface area contributed by atoms with Crippen LogP contribution in [0, 0.1) is 0 Å². The molecule has 4 heterocycles. The van der Waals surface area contributed by atoms with Crippen LogP contribution in [0.5, 0.6) is 0 Å². The SMILES string of the molecule is CN=C(NCC1CN2CCN1CC2)NC1CN(C(=O)OC(C)(C)C)C1. The number of amides is 1. The summed E-state index contributed by atoms with van der Waals surface area (Å²) >= 11 is 0. The molecule has 4 aliphatic heterocycles. The average molecular weight is 352 g/mol. The summed E-state index contributed by atoms with van der Waals surface area (Å²) in [5.41, 5.74) is -0.446. The van der Waals surface area contributed by atoms with Crippen LogP contribution in [0.25, 0.3) is 0 Å². The molecule has 142 valence electrons. The first kappa shape index (κ1) is 18.3. The van der Waals surface area contributed by atoms with E-state index in [4.69, 9.17) is 4.74 Å². The van der Waals surface area contributed by atoms with Gasteiger partial charge in [0.1, 0.15) is 5.60 Å². The molecule has 2 N–H and O–H groups in total. The number of aliphatic imine (C=N–C) groups is 1. The minimum Gasteiger partial charge on any atom is -0.444 e. The Labute approximate surface area is 150 Å². The lowest BCUT2D eigenvalue weighted by molar-refractivity contribution is 0.00680. The van der Waals surface area contributed by atoms with Crippen LogP contribution < -0.4 is 10.6 Å². The zero-order valence-electron chi connectivity index (χ0n) is 15.9. The minimum atomic E-state index is -0.446. The molecule has 1 atom stereocenters. The number of piperazine rings is 3. The largest absolute Gasteiger partial charge is 0.444 e. The van der Waals surface area contributed by atoms with Crippen LogP contribution in [0.2, 0.25) is 0 Å². The number of likely N-dealkylation sites (tertiary alicyclic amines) is 1. The Morgan fingerprint density at radius 2 is 1.84 bits per heavy atom.